The fourth-order valence-corrected chi connectivity index (χ4v) is 8.46. The minimum Gasteiger partial charge on any atom is -0.497 e. The molecule has 4 aliphatic rings. The fourth-order valence-electron chi connectivity index (χ4n) is 7.09. The molecule has 280 valence electrons. The van der Waals surface area contributed by atoms with Crippen molar-refractivity contribution in [2.24, 2.45) is 11.3 Å². The lowest BCUT2D eigenvalue weighted by Crippen LogP contribution is -2.60. The second-order valence-corrected chi connectivity index (χ2v) is 17.4. The molecular formula is C38H49N5O8S. The largest absolute Gasteiger partial charge is 0.497 e. The van der Waals surface area contributed by atoms with E-state index in [2.05, 4.69) is 21.9 Å². The van der Waals surface area contributed by atoms with Crippen LogP contribution in [0.2, 0.25) is 0 Å². The number of amides is 4. The molecule has 3 N–H and O–H groups in total. The number of rotatable bonds is 12. The molecule has 3 aliphatic carbocycles. The van der Waals surface area contributed by atoms with E-state index >= 15 is 0 Å². The Morgan fingerprint density at radius 1 is 1.00 bits per heavy atom. The normalized spacial score (nSPS) is 23.8. The molecular weight excluding hydrogens is 687 g/mol. The van der Waals surface area contributed by atoms with Gasteiger partial charge in [-0.25, -0.2) is 13.2 Å². The van der Waals surface area contributed by atoms with Crippen LogP contribution in [0, 0.1) is 11.3 Å². The van der Waals surface area contributed by atoms with Crippen LogP contribution in [0.3, 0.4) is 0 Å². The van der Waals surface area contributed by atoms with E-state index in [1.165, 1.54) is 11.0 Å². The maximum absolute atomic E-state index is 14.5. The summed E-state index contributed by atoms with van der Waals surface area (Å²) in [5.41, 5.74) is 0.368. The second kappa shape index (κ2) is 14.4. The quantitative estimate of drug-likeness (QED) is 0.273. The predicted octanol–water partition coefficient (Wildman–Crippen LogP) is 4.09. The number of hydrogen-bond acceptors (Lipinski definition) is 9. The summed E-state index contributed by atoms with van der Waals surface area (Å²) in [5.74, 6) is -1.69. The van der Waals surface area contributed by atoms with Gasteiger partial charge in [-0.3, -0.25) is 19.1 Å². The van der Waals surface area contributed by atoms with Gasteiger partial charge >= 0.3 is 6.09 Å². The van der Waals surface area contributed by atoms with Gasteiger partial charge in [-0.05, 0) is 85.8 Å². The maximum Gasteiger partial charge on any atom is 0.408 e. The van der Waals surface area contributed by atoms with E-state index in [1.54, 1.807) is 7.11 Å². The van der Waals surface area contributed by atoms with Gasteiger partial charge in [-0.2, -0.15) is 0 Å². The van der Waals surface area contributed by atoms with E-state index in [-0.39, 0.29) is 25.7 Å². The average Bonchev–Trinajstić information content (AvgIpc) is 3.99. The highest BCUT2D eigenvalue weighted by Crippen LogP contribution is 2.45. The van der Waals surface area contributed by atoms with Gasteiger partial charge in [0.1, 0.15) is 29.5 Å². The van der Waals surface area contributed by atoms with Crippen molar-refractivity contribution in [1.29, 1.82) is 0 Å². The van der Waals surface area contributed by atoms with Gasteiger partial charge in [0.15, 0.2) is 0 Å². The third kappa shape index (κ3) is 7.91. The SMILES string of the molecule is C=C[C@@H]1C[C@]1(NC(=O)[C@@H]1CN(c2ccc(-c3cccc(OC)c3)cc2)CN1C(=O)C(NC(=O)OC1CCCC1)C(C)(C)C)C(=O)NS(=O)(=O)C1CC1. The molecule has 1 unspecified atom stereocenters. The molecule has 1 saturated heterocycles. The maximum atomic E-state index is 14.5. The fraction of sp³-hybridized carbons (Fsp3) is 0.526. The number of hydrogen-bond donors (Lipinski definition) is 3. The predicted molar refractivity (Wildman–Crippen MR) is 196 cm³/mol. The molecule has 1 heterocycles. The van der Waals surface area contributed by atoms with Crippen molar-refractivity contribution in [2.45, 2.75) is 94.7 Å². The van der Waals surface area contributed by atoms with Gasteiger partial charge < -0.3 is 29.9 Å². The van der Waals surface area contributed by atoms with Crippen molar-refractivity contribution in [1.82, 2.24) is 20.3 Å². The summed E-state index contributed by atoms with van der Waals surface area (Å²) in [6.07, 6.45) is 5.21. The van der Waals surface area contributed by atoms with Crippen molar-refractivity contribution >= 4 is 39.5 Å². The molecule has 4 fully saturated rings. The monoisotopic (exact) mass is 735 g/mol. The Morgan fingerprint density at radius 2 is 1.69 bits per heavy atom. The highest BCUT2D eigenvalue weighted by molar-refractivity contribution is 7.91. The minimum absolute atomic E-state index is 0.0154. The number of alkyl carbamates (subject to hydrolysis) is 1. The van der Waals surface area contributed by atoms with E-state index in [4.69, 9.17) is 9.47 Å². The third-order valence-corrected chi connectivity index (χ3v) is 12.3. The van der Waals surface area contributed by atoms with Gasteiger partial charge in [-0.1, -0.05) is 51.1 Å². The average molecular weight is 736 g/mol. The van der Waals surface area contributed by atoms with Gasteiger partial charge in [-0.15, -0.1) is 6.58 Å². The Hall–Kier alpha value is -4.59. The Bertz CT molecular complexity index is 1820. The molecule has 0 bridgehead atoms. The van der Waals surface area contributed by atoms with Crippen LogP contribution in [0.25, 0.3) is 11.1 Å². The number of ether oxygens (including phenoxy) is 2. The van der Waals surface area contributed by atoms with Crippen LogP contribution in [-0.4, -0.2) is 86.4 Å². The van der Waals surface area contributed by atoms with Crippen LogP contribution >= 0.6 is 0 Å². The van der Waals surface area contributed by atoms with Crippen LogP contribution < -0.4 is 25.0 Å². The lowest BCUT2D eigenvalue weighted by atomic mass is 9.85. The summed E-state index contributed by atoms with van der Waals surface area (Å²) in [7, 11) is -2.27. The third-order valence-electron chi connectivity index (χ3n) is 10.5. The number of carbonyl (C=O) groups excluding carboxylic acids is 4. The zero-order chi connectivity index (χ0) is 37.4. The summed E-state index contributed by atoms with van der Waals surface area (Å²) >= 11 is 0. The van der Waals surface area contributed by atoms with Crippen molar-refractivity contribution < 1.29 is 37.1 Å². The van der Waals surface area contributed by atoms with Crippen LogP contribution in [0.15, 0.2) is 61.2 Å². The Kier molecular flexibility index (Phi) is 10.3. The van der Waals surface area contributed by atoms with Gasteiger partial charge in [0.2, 0.25) is 21.8 Å². The molecule has 1 aliphatic heterocycles. The minimum atomic E-state index is -3.88. The van der Waals surface area contributed by atoms with Crippen molar-refractivity contribution in [3.05, 3.63) is 61.2 Å². The van der Waals surface area contributed by atoms with E-state index in [9.17, 15) is 27.6 Å². The molecule has 2 aromatic carbocycles. The zero-order valence-corrected chi connectivity index (χ0v) is 31.0. The molecule has 2 aromatic rings. The molecule has 3 saturated carbocycles. The molecule has 13 nitrogen and oxygen atoms in total. The first-order valence-corrected chi connectivity index (χ1v) is 19.5. The first kappa shape index (κ1) is 37.2. The van der Waals surface area contributed by atoms with Crippen molar-refractivity contribution in [3.8, 4) is 16.9 Å². The second-order valence-electron chi connectivity index (χ2n) is 15.4. The van der Waals surface area contributed by atoms with Crippen LogP contribution in [-0.2, 0) is 29.1 Å². The summed E-state index contributed by atoms with van der Waals surface area (Å²) in [6.45, 7) is 9.35. The van der Waals surface area contributed by atoms with Gasteiger partial charge in [0.25, 0.3) is 5.91 Å². The number of nitrogens with zero attached hydrogens (tertiary/aromatic N) is 2. The van der Waals surface area contributed by atoms with Gasteiger partial charge in [0, 0.05) is 18.2 Å². The molecule has 0 aromatic heterocycles. The number of sulfonamides is 1. The first-order chi connectivity index (χ1) is 24.6. The van der Waals surface area contributed by atoms with Crippen LogP contribution in [0.5, 0.6) is 5.75 Å². The summed E-state index contributed by atoms with van der Waals surface area (Å²) < 4.78 is 38.6. The van der Waals surface area contributed by atoms with Crippen molar-refractivity contribution in [3.63, 3.8) is 0 Å². The number of benzene rings is 2. The number of methoxy groups -OCH3 is 1. The van der Waals surface area contributed by atoms with Crippen molar-refractivity contribution in [2.75, 3.05) is 25.2 Å². The molecule has 14 heteroatoms. The highest BCUT2D eigenvalue weighted by Gasteiger charge is 2.62. The Balaban J connectivity index is 1.26. The number of carbonyl (C=O) groups is 4. The molecule has 6 rings (SSSR count). The Labute approximate surface area is 305 Å². The summed E-state index contributed by atoms with van der Waals surface area (Å²) in [4.78, 5) is 58.6. The van der Waals surface area contributed by atoms with Crippen LogP contribution in [0.4, 0.5) is 10.5 Å². The number of anilines is 1. The molecule has 4 atom stereocenters. The smallest absolute Gasteiger partial charge is 0.408 e. The first-order valence-electron chi connectivity index (χ1n) is 17.9. The molecule has 4 amide bonds. The number of nitrogens with one attached hydrogen (secondary N) is 3. The summed E-state index contributed by atoms with van der Waals surface area (Å²) in [5, 5.41) is 4.99. The van der Waals surface area contributed by atoms with Gasteiger partial charge in [0.05, 0.1) is 19.0 Å². The zero-order valence-electron chi connectivity index (χ0n) is 30.2. The highest BCUT2D eigenvalue weighted by atomic mass is 32.2. The van der Waals surface area contributed by atoms with E-state index in [1.807, 2.05) is 74.2 Å². The molecule has 0 radical (unpaired) electrons. The lowest BCUT2D eigenvalue weighted by Gasteiger charge is -2.35. The van der Waals surface area contributed by atoms with Crippen LogP contribution in [0.1, 0.15) is 65.7 Å². The topological polar surface area (TPSA) is 163 Å². The molecule has 52 heavy (non-hydrogen) atoms. The van der Waals surface area contributed by atoms with E-state index < -0.39 is 68.0 Å². The standard InChI is InChI=1S/C38H49N5O8S/c1-6-26-21-38(26,35(46)41-52(48,49)30-18-19-30)40-33(44)31-22-42(27-16-14-24(15-17-27)25-10-9-13-29(20-25)50-5)23-43(31)34(45)32(37(2,3)4)39-36(47)51-28-11-7-8-12-28/h6,9-10,13-17,20,26,28,30-32H,1,7-8,11-12,18-19,21-23H2,2-5H3,(H,39,47)(H,40,44)(H,41,46)/t26-,31+,32?,38-/m1/s1. The summed E-state index contributed by atoms with van der Waals surface area (Å²) in [6, 6.07) is 13.2. The molecule has 0 spiro atoms. The van der Waals surface area contributed by atoms with E-state index in [0.29, 0.717) is 12.8 Å². The Morgan fingerprint density at radius 3 is 2.29 bits per heavy atom. The van der Waals surface area contributed by atoms with E-state index in [0.717, 1.165) is 48.2 Å². The lowest BCUT2D eigenvalue weighted by molar-refractivity contribution is -0.142.